The minimum atomic E-state index is 0.877. The zero-order valence-electron chi connectivity index (χ0n) is 11.9. The topological polar surface area (TPSA) is 26.0 Å². The third-order valence-corrected chi connectivity index (χ3v) is 4.46. The van der Waals surface area contributed by atoms with Gasteiger partial charge in [-0.05, 0) is 36.8 Å². The summed E-state index contributed by atoms with van der Waals surface area (Å²) in [5, 5.41) is 0. The standard InChI is InChI=1S/C16H27NS/c1-3-4-5-6-7-8-9-12-18-16-13-15(17)11-10-14(16)2/h10-11,13H,3-9,12,17H2,1-2H3. The monoisotopic (exact) mass is 265 g/mol. The first kappa shape index (κ1) is 15.4. The molecular weight excluding hydrogens is 238 g/mol. The van der Waals surface area contributed by atoms with Crippen LogP contribution in [-0.2, 0) is 0 Å². The smallest absolute Gasteiger partial charge is 0.0325 e. The maximum atomic E-state index is 5.81. The summed E-state index contributed by atoms with van der Waals surface area (Å²) in [7, 11) is 0. The summed E-state index contributed by atoms with van der Waals surface area (Å²) in [5.74, 6) is 1.22. The summed E-state index contributed by atoms with van der Waals surface area (Å²) >= 11 is 1.95. The Kier molecular flexibility index (Phi) is 7.99. The van der Waals surface area contributed by atoms with Crippen molar-refractivity contribution in [2.75, 3.05) is 11.5 Å². The van der Waals surface area contributed by atoms with Crippen LogP contribution in [0.4, 0.5) is 5.69 Å². The molecule has 2 heteroatoms. The highest BCUT2D eigenvalue weighted by Crippen LogP contribution is 2.25. The van der Waals surface area contributed by atoms with Gasteiger partial charge in [0.05, 0.1) is 0 Å². The van der Waals surface area contributed by atoms with Crippen LogP contribution in [0.25, 0.3) is 0 Å². The van der Waals surface area contributed by atoms with Crippen LogP contribution in [0.5, 0.6) is 0 Å². The van der Waals surface area contributed by atoms with E-state index in [1.54, 1.807) is 0 Å². The van der Waals surface area contributed by atoms with E-state index in [9.17, 15) is 0 Å². The highest BCUT2D eigenvalue weighted by Gasteiger charge is 1.99. The van der Waals surface area contributed by atoms with Gasteiger partial charge in [-0.1, -0.05) is 51.5 Å². The number of hydrogen-bond donors (Lipinski definition) is 1. The number of hydrogen-bond acceptors (Lipinski definition) is 2. The van der Waals surface area contributed by atoms with Crippen LogP contribution >= 0.6 is 11.8 Å². The molecule has 0 saturated heterocycles. The van der Waals surface area contributed by atoms with Crippen molar-refractivity contribution in [3.63, 3.8) is 0 Å². The molecule has 0 amide bonds. The Balaban J connectivity index is 2.09. The van der Waals surface area contributed by atoms with Crippen LogP contribution in [0.2, 0.25) is 0 Å². The number of nitrogen functional groups attached to an aromatic ring is 1. The van der Waals surface area contributed by atoms with Gasteiger partial charge in [0.2, 0.25) is 0 Å². The lowest BCUT2D eigenvalue weighted by Gasteiger charge is -2.06. The summed E-state index contributed by atoms with van der Waals surface area (Å²) in [4.78, 5) is 1.35. The van der Waals surface area contributed by atoms with Gasteiger partial charge < -0.3 is 5.73 Å². The first-order chi connectivity index (χ1) is 8.74. The minimum absolute atomic E-state index is 0.877. The number of nitrogens with two attached hydrogens (primary N) is 1. The molecule has 0 spiro atoms. The van der Waals surface area contributed by atoms with E-state index >= 15 is 0 Å². The van der Waals surface area contributed by atoms with E-state index in [4.69, 9.17) is 5.73 Å². The number of aryl methyl sites for hydroxylation is 1. The molecule has 0 radical (unpaired) electrons. The van der Waals surface area contributed by atoms with E-state index in [1.165, 1.54) is 61.2 Å². The summed E-state index contributed by atoms with van der Waals surface area (Å²) in [6, 6.07) is 6.19. The summed E-state index contributed by atoms with van der Waals surface area (Å²) in [6.45, 7) is 4.43. The molecule has 0 fully saturated rings. The Morgan fingerprint density at radius 3 is 2.39 bits per heavy atom. The third kappa shape index (κ3) is 6.34. The number of unbranched alkanes of at least 4 members (excludes halogenated alkanes) is 6. The largest absolute Gasteiger partial charge is 0.399 e. The maximum Gasteiger partial charge on any atom is 0.0325 e. The van der Waals surface area contributed by atoms with Gasteiger partial charge in [0.15, 0.2) is 0 Å². The predicted octanol–water partition coefficient (Wildman–Crippen LogP) is 5.42. The number of rotatable bonds is 9. The van der Waals surface area contributed by atoms with Crippen molar-refractivity contribution >= 4 is 17.4 Å². The Morgan fingerprint density at radius 1 is 1.00 bits per heavy atom. The molecular formula is C16H27NS. The lowest BCUT2D eigenvalue weighted by atomic mass is 10.1. The molecule has 1 rings (SSSR count). The Bertz CT molecular complexity index is 336. The Morgan fingerprint density at radius 2 is 1.67 bits per heavy atom. The van der Waals surface area contributed by atoms with E-state index in [1.807, 2.05) is 17.8 Å². The van der Waals surface area contributed by atoms with Crippen molar-refractivity contribution < 1.29 is 0 Å². The Hall–Kier alpha value is -0.630. The van der Waals surface area contributed by atoms with Gasteiger partial charge in [-0.15, -0.1) is 11.8 Å². The molecule has 0 saturated carbocycles. The van der Waals surface area contributed by atoms with Gasteiger partial charge in [-0.2, -0.15) is 0 Å². The fourth-order valence-corrected chi connectivity index (χ4v) is 3.10. The van der Waals surface area contributed by atoms with E-state index < -0.39 is 0 Å². The van der Waals surface area contributed by atoms with Crippen molar-refractivity contribution in [2.45, 2.75) is 63.7 Å². The van der Waals surface area contributed by atoms with Gasteiger partial charge in [-0.3, -0.25) is 0 Å². The first-order valence-corrected chi connectivity index (χ1v) is 8.21. The molecule has 0 heterocycles. The lowest BCUT2D eigenvalue weighted by molar-refractivity contribution is 0.603. The molecule has 1 nitrogen and oxygen atoms in total. The average Bonchev–Trinajstić information content (AvgIpc) is 2.36. The fraction of sp³-hybridized carbons (Fsp3) is 0.625. The van der Waals surface area contributed by atoms with Gasteiger partial charge >= 0.3 is 0 Å². The second kappa shape index (κ2) is 9.32. The second-order valence-corrected chi connectivity index (χ2v) is 6.13. The number of anilines is 1. The van der Waals surface area contributed by atoms with Crippen LogP contribution in [-0.4, -0.2) is 5.75 Å². The minimum Gasteiger partial charge on any atom is -0.399 e. The normalized spacial score (nSPS) is 10.8. The van der Waals surface area contributed by atoms with Gasteiger partial charge in [0.1, 0.15) is 0 Å². The zero-order valence-corrected chi connectivity index (χ0v) is 12.7. The summed E-state index contributed by atoms with van der Waals surface area (Å²) in [5.41, 5.74) is 8.03. The summed E-state index contributed by atoms with van der Waals surface area (Å²) < 4.78 is 0. The summed E-state index contributed by atoms with van der Waals surface area (Å²) in [6.07, 6.45) is 9.66. The van der Waals surface area contributed by atoms with Crippen molar-refractivity contribution in [3.05, 3.63) is 23.8 Å². The van der Waals surface area contributed by atoms with Crippen LogP contribution in [0, 0.1) is 6.92 Å². The maximum absolute atomic E-state index is 5.81. The average molecular weight is 265 g/mol. The van der Waals surface area contributed by atoms with E-state index in [0.29, 0.717) is 0 Å². The highest BCUT2D eigenvalue weighted by atomic mass is 32.2. The molecule has 0 unspecified atom stereocenters. The zero-order chi connectivity index (χ0) is 13.2. The van der Waals surface area contributed by atoms with E-state index in [-0.39, 0.29) is 0 Å². The molecule has 1 aromatic carbocycles. The van der Waals surface area contributed by atoms with Crippen LogP contribution in [0.3, 0.4) is 0 Å². The van der Waals surface area contributed by atoms with Crippen molar-refractivity contribution in [1.82, 2.24) is 0 Å². The second-order valence-electron chi connectivity index (χ2n) is 4.99. The lowest BCUT2D eigenvalue weighted by Crippen LogP contribution is -1.89. The van der Waals surface area contributed by atoms with Gasteiger partial charge in [0.25, 0.3) is 0 Å². The molecule has 18 heavy (non-hydrogen) atoms. The molecule has 0 aliphatic rings. The third-order valence-electron chi connectivity index (χ3n) is 3.22. The van der Waals surface area contributed by atoms with Crippen LogP contribution in [0.15, 0.2) is 23.1 Å². The van der Waals surface area contributed by atoms with Crippen molar-refractivity contribution in [1.29, 1.82) is 0 Å². The molecule has 0 atom stereocenters. The first-order valence-electron chi connectivity index (χ1n) is 7.23. The molecule has 102 valence electrons. The molecule has 0 bridgehead atoms. The molecule has 2 N–H and O–H groups in total. The fourth-order valence-electron chi connectivity index (χ4n) is 2.01. The SMILES string of the molecule is CCCCCCCCCSc1cc(N)ccc1C. The van der Waals surface area contributed by atoms with Gasteiger partial charge in [-0.25, -0.2) is 0 Å². The number of thioether (sulfide) groups is 1. The van der Waals surface area contributed by atoms with Crippen LogP contribution in [0.1, 0.15) is 57.4 Å². The molecule has 0 aliphatic carbocycles. The van der Waals surface area contributed by atoms with E-state index in [0.717, 1.165) is 5.69 Å². The quantitative estimate of drug-likeness (QED) is 0.366. The van der Waals surface area contributed by atoms with Gasteiger partial charge in [0, 0.05) is 10.6 Å². The molecule has 0 aromatic heterocycles. The molecule has 0 aliphatic heterocycles. The van der Waals surface area contributed by atoms with Crippen LogP contribution < -0.4 is 5.73 Å². The van der Waals surface area contributed by atoms with Crippen molar-refractivity contribution in [3.8, 4) is 0 Å². The van der Waals surface area contributed by atoms with Crippen molar-refractivity contribution in [2.24, 2.45) is 0 Å². The Labute approximate surface area is 117 Å². The number of benzene rings is 1. The van der Waals surface area contributed by atoms with E-state index in [2.05, 4.69) is 26.0 Å². The highest BCUT2D eigenvalue weighted by molar-refractivity contribution is 7.99. The molecule has 1 aromatic rings. The predicted molar refractivity (Wildman–Crippen MR) is 84.3 cm³/mol.